The molecule has 0 bridgehead atoms. The summed E-state index contributed by atoms with van der Waals surface area (Å²) in [7, 11) is 3.49. The van der Waals surface area contributed by atoms with Crippen LogP contribution in [0.25, 0.3) is 0 Å². The van der Waals surface area contributed by atoms with Crippen molar-refractivity contribution in [2.24, 2.45) is 5.92 Å². The van der Waals surface area contributed by atoms with E-state index in [1.165, 1.54) is 81.9 Å². The van der Waals surface area contributed by atoms with Gasteiger partial charge >= 0.3 is 6.09 Å². The van der Waals surface area contributed by atoms with Gasteiger partial charge in [-0.05, 0) is 18.8 Å². The summed E-state index contributed by atoms with van der Waals surface area (Å²) in [4.78, 5) is 13.1. The van der Waals surface area contributed by atoms with Crippen molar-refractivity contribution in [3.05, 3.63) is 0 Å². The predicted molar refractivity (Wildman–Crippen MR) is 95.3 cm³/mol. The lowest BCUT2D eigenvalue weighted by molar-refractivity contribution is 0.0965. The number of hydrogen-bond acceptors (Lipinski definition) is 2. The lowest BCUT2D eigenvalue weighted by Crippen LogP contribution is -2.25. The zero-order chi connectivity index (χ0) is 16.6. The van der Waals surface area contributed by atoms with Crippen LogP contribution in [-0.4, -0.2) is 31.7 Å². The number of carbonyl (C=O) groups excluding carboxylic acids is 1. The second-order valence-electron chi connectivity index (χ2n) is 6.74. The average Bonchev–Trinajstić information content (AvgIpc) is 2.50. The molecule has 3 nitrogen and oxygen atoms in total. The minimum atomic E-state index is -0.207. The van der Waals surface area contributed by atoms with E-state index in [1.807, 2.05) is 0 Å². The molecule has 3 heteroatoms. The van der Waals surface area contributed by atoms with Crippen molar-refractivity contribution in [2.45, 2.75) is 90.9 Å². The Hall–Kier alpha value is -0.730. The number of unbranched alkanes of at least 4 members (excludes halogenated alkanes) is 8. The third-order valence-electron chi connectivity index (χ3n) is 4.24. The van der Waals surface area contributed by atoms with Gasteiger partial charge in [0.05, 0.1) is 6.61 Å². The van der Waals surface area contributed by atoms with Crippen molar-refractivity contribution in [3.8, 4) is 0 Å². The van der Waals surface area contributed by atoms with Crippen LogP contribution >= 0.6 is 0 Å². The van der Waals surface area contributed by atoms with Crippen LogP contribution in [0.15, 0.2) is 0 Å². The molecule has 132 valence electrons. The SMILES string of the molecule is CCCCCCCC(CCCCCCC)COC(=O)N(C)C. The smallest absolute Gasteiger partial charge is 0.409 e. The highest BCUT2D eigenvalue weighted by Crippen LogP contribution is 2.19. The lowest BCUT2D eigenvalue weighted by Gasteiger charge is -2.19. The summed E-state index contributed by atoms with van der Waals surface area (Å²) in [5, 5.41) is 0. The summed E-state index contributed by atoms with van der Waals surface area (Å²) in [6, 6.07) is 0. The summed E-state index contributed by atoms with van der Waals surface area (Å²) < 4.78 is 5.41. The molecule has 0 aliphatic rings. The first-order chi connectivity index (χ1) is 10.6. The Balaban J connectivity index is 3.94. The molecule has 0 aliphatic carbocycles. The maximum absolute atomic E-state index is 11.6. The Morgan fingerprint density at radius 1 is 0.818 bits per heavy atom. The monoisotopic (exact) mass is 313 g/mol. The van der Waals surface area contributed by atoms with Gasteiger partial charge in [0.1, 0.15) is 0 Å². The number of carbonyl (C=O) groups is 1. The highest BCUT2D eigenvalue weighted by molar-refractivity contribution is 5.66. The molecule has 1 amide bonds. The molecular formula is C19H39NO2. The van der Waals surface area contributed by atoms with Crippen LogP contribution in [0.2, 0.25) is 0 Å². The second kappa shape index (κ2) is 15.2. The van der Waals surface area contributed by atoms with E-state index >= 15 is 0 Å². The Morgan fingerprint density at radius 3 is 1.68 bits per heavy atom. The van der Waals surface area contributed by atoms with Crippen LogP contribution in [0.3, 0.4) is 0 Å². The summed E-state index contributed by atoms with van der Waals surface area (Å²) in [6.45, 7) is 5.10. The molecular weight excluding hydrogens is 274 g/mol. The second-order valence-corrected chi connectivity index (χ2v) is 6.74. The highest BCUT2D eigenvalue weighted by atomic mass is 16.6. The van der Waals surface area contributed by atoms with Gasteiger partial charge in [0.25, 0.3) is 0 Å². The van der Waals surface area contributed by atoms with Gasteiger partial charge in [0.2, 0.25) is 0 Å². The van der Waals surface area contributed by atoms with Gasteiger partial charge < -0.3 is 9.64 Å². The maximum atomic E-state index is 11.6. The molecule has 0 unspecified atom stereocenters. The molecule has 0 aromatic heterocycles. The van der Waals surface area contributed by atoms with Gasteiger partial charge in [-0.1, -0.05) is 78.1 Å². The molecule has 0 fully saturated rings. The fourth-order valence-corrected chi connectivity index (χ4v) is 2.70. The van der Waals surface area contributed by atoms with Crippen LogP contribution in [0, 0.1) is 5.92 Å². The van der Waals surface area contributed by atoms with E-state index < -0.39 is 0 Å². The summed E-state index contributed by atoms with van der Waals surface area (Å²) >= 11 is 0. The van der Waals surface area contributed by atoms with Gasteiger partial charge in [0.15, 0.2) is 0 Å². The minimum absolute atomic E-state index is 0.207. The van der Waals surface area contributed by atoms with Crippen molar-refractivity contribution in [1.82, 2.24) is 4.90 Å². The fraction of sp³-hybridized carbons (Fsp3) is 0.947. The Kier molecular flexibility index (Phi) is 14.7. The van der Waals surface area contributed by atoms with Crippen molar-refractivity contribution in [3.63, 3.8) is 0 Å². The van der Waals surface area contributed by atoms with E-state index in [0.717, 1.165) is 0 Å². The third kappa shape index (κ3) is 13.0. The lowest BCUT2D eigenvalue weighted by atomic mass is 9.95. The maximum Gasteiger partial charge on any atom is 0.409 e. The Labute approximate surface area is 138 Å². The van der Waals surface area contributed by atoms with Crippen molar-refractivity contribution in [2.75, 3.05) is 20.7 Å². The van der Waals surface area contributed by atoms with Gasteiger partial charge in [-0.25, -0.2) is 4.79 Å². The molecule has 0 rings (SSSR count). The number of amides is 1. The molecule has 0 radical (unpaired) electrons. The van der Waals surface area contributed by atoms with Crippen LogP contribution in [0.1, 0.15) is 90.9 Å². The van der Waals surface area contributed by atoms with E-state index in [4.69, 9.17) is 4.74 Å². The molecule has 0 saturated heterocycles. The van der Waals surface area contributed by atoms with E-state index in [-0.39, 0.29) is 6.09 Å². The molecule has 0 atom stereocenters. The van der Waals surface area contributed by atoms with Crippen LogP contribution in [0.5, 0.6) is 0 Å². The normalized spacial score (nSPS) is 11.0. The molecule has 0 heterocycles. The first-order valence-corrected chi connectivity index (χ1v) is 9.45. The zero-order valence-electron chi connectivity index (χ0n) is 15.5. The van der Waals surface area contributed by atoms with E-state index in [9.17, 15) is 4.79 Å². The number of rotatable bonds is 14. The Morgan fingerprint density at radius 2 is 1.27 bits per heavy atom. The summed E-state index contributed by atoms with van der Waals surface area (Å²) in [6.07, 6.45) is 15.4. The zero-order valence-corrected chi connectivity index (χ0v) is 15.5. The predicted octanol–water partition coefficient (Wildman–Crippen LogP) is 6.02. The molecule has 0 N–H and O–H groups in total. The molecule has 0 spiro atoms. The number of nitrogens with zero attached hydrogens (tertiary/aromatic N) is 1. The first kappa shape index (κ1) is 21.3. The van der Waals surface area contributed by atoms with Crippen molar-refractivity contribution < 1.29 is 9.53 Å². The topological polar surface area (TPSA) is 29.5 Å². The Bertz CT molecular complexity index is 240. The minimum Gasteiger partial charge on any atom is -0.449 e. The molecule has 0 saturated carbocycles. The van der Waals surface area contributed by atoms with Gasteiger partial charge in [0, 0.05) is 14.1 Å². The fourth-order valence-electron chi connectivity index (χ4n) is 2.70. The first-order valence-electron chi connectivity index (χ1n) is 9.45. The quantitative estimate of drug-likeness (QED) is 0.367. The molecule has 0 aromatic rings. The standard InChI is InChI=1S/C19H39NO2/c1-5-7-9-11-13-15-18(16-14-12-10-8-6-2)17-22-19(21)20(3)4/h18H,5-17H2,1-4H3. The molecule has 0 aromatic carbocycles. The van der Waals surface area contributed by atoms with Gasteiger partial charge in [-0.2, -0.15) is 0 Å². The van der Waals surface area contributed by atoms with Crippen LogP contribution in [0.4, 0.5) is 4.79 Å². The van der Waals surface area contributed by atoms with Crippen molar-refractivity contribution >= 4 is 6.09 Å². The number of ether oxygens (including phenoxy) is 1. The number of hydrogen-bond donors (Lipinski definition) is 0. The molecule has 22 heavy (non-hydrogen) atoms. The van der Waals surface area contributed by atoms with Gasteiger partial charge in [-0.15, -0.1) is 0 Å². The van der Waals surface area contributed by atoms with Crippen molar-refractivity contribution in [1.29, 1.82) is 0 Å². The van der Waals surface area contributed by atoms with E-state index in [2.05, 4.69) is 13.8 Å². The third-order valence-corrected chi connectivity index (χ3v) is 4.24. The highest BCUT2D eigenvalue weighted by Gasteiger charge is 2.13. The largest absolute Gasteiger partial charge is 0.449 e. The van der Waals surface area contributed by atoms with E-state index in [0.29, 0.717) is 12.5 Å². The summed E-state index contributed by atoms with van der Waals surface area (Å²) in [5.74, 6) is 0.548. The average molecular weight is 314 g/mol. The molecule has 0 aliphatic heterocycles. The van der Waals surface area contributed by atoms with E-state index in [1.54, 1.807) is 14.1 Å². The van der Waals surface area contributed by atoms with Crippen LogP contribution < -0.4 is 0 Å². The van der Waals surface area contributed by atoms with Crippen LogP contribution in [-0.2, 0) is 4.74 Å². The summed E-state index contributed by atoms with van der Waals surface area (Å²) in [5.41, 5.74) is 0. The van der Waals surface area contributed by atoms with Gasteiger partial charge in [-0.3, -0.25) is 0 Å².